The molecule has 9 heteroatoms. The summed E-state index contributed by atoms with van der Waals surface area (Å²) in [7, 11) is -4.41. The summed E-state index contributed by atoms with van der Waals surface area (Å²) in [5, 5.41) is 11.3. The Kier molecular flexibility index (Phi) is 4.89. The van der Waals surface area contributed by atoms with E-state index in [4.69, 9.17) is 0 Å². The van der Waals surface area contributed by atoms with Gasteiger partial charge in [-0.2, -0.15) is 0 Å². The molecule has 1 N–H and O–H groups in total. The number of sulfonamides is 1. The molecule has 1 heterocycles. The fraction of sp³-hybridized carbons (Fsp3) is 0.571. The van der Waals surface area contributed by atoms with Crippen molar-refractivity contribution in [2.75, 3.05) is 25.6 Å². The molecule has 0 radical (unpaired) electrons. The molecule has 0 bridgehead atoms. The minimum Gasteiger partial charge on any atom is -0.390 e. The van der Waals surface area contributed by atoms with E-state index in [-0.39, 0.29) is 4.90 Å². The van der Waals surface area contributed by atoms with E-state index in [1.807, 2.05) is 13.8 Å². The van der Waals surface area contributed by atoms with Gasteiger partial charge in [-0.3, -0.25) is 0 Å². The van der Waals surface area contributed by atoms with Gasteiger partial charge >= 0.3 is 0 Å². The average Bonchev–Trinajstić information content (AvgIpc) is 2.65. The van der Waals surface area contributed by atoms with Crippen molar-refractivity contribution in [3.8, 4) is 0 Å². The van der Waals surface area contributed by atoms with Crippen LogP contribution in [0.1, 0.15) is 11.1 Å². The van der Waals surface area contributed by atoms with Gasteiger partial charge in [-0.05, 0) is 37.1 Å². The molecular formula is C14H22N2O5S2. The number of benzene rings is 1. The predicted molar refractivity (Wildman–Crippen MR) is 87.1 cm³/mol. The summed E-state index contributed by atoms with van der Waals surface area (Å²) in [6.45, 7) is 3.69. The molecule has 0 saturated carbocycles. The summed E-state index contributed by atoms with van der Waals surface area (Å²) in [5.41, 5.74) is 1.79. The van der Waals surface area contributed by atoms with Crippen molar-refractivity contribution in [3.05, 3.63) is 29.3 Å². The number of aliphatic hydroxyl groups excluding tert-OH is 1. The summed E-state index contributed by atoms with van der Waals surface area (Å²) in [6.07, 6.45) is -1.25. The predicted octanol–water partition coefficient (Wildman–Crippen LogP) is -0.0714. The zero-order valence-corrected chi connectivity index (χ0v) is 15.2. The number of aliphatic hydroxyl groups is 1. The van der Waals surface area contributed by atoms with Gasteiger partial charge in [0.05, 0.1) is 28.5 Å². The Hall–Kier alpha value is -1.00. The molecule has 2 rings (SSSR count). The van der Waals surface area contributed by atoms with Crippen LogP contribution in [-0.4, -0.2) is 69.1 Å². The number of rotatable bonds is 4. The molecule has 0 spiro atoms. The normalized spacial score (nSPS) is 24.5. The van der Waals surface area contributed by atoms with Crippen molar-refractivity contribution in [1.29, 1.82) is 0 Å². The maximum absolute atomic E-state index is 13.0. The standard InChI is InChI=1S/C14H22N2O5S2/c1-10-5-6-12(7-11(10)2)23(20,21)16(15(3)4)13-8-22(18,19)9-14(13)17/h5-7,13-14,17H,8-9H2,1-4H3/t13-,14+/m1/s1. The smallest absolute Gasteiger partial charge is 0.256 e. The minimum atomic E-state index is -3.97. The Labute approximate surface area is 137 Å². The van der Waals surface area contributed by atoms with Crippen LogP contribution in [0.3, 0.4) is 0 Å². The summed E-state index contributed by atoms with van der Waals surface area (Å²) < 4.78 is 50.4. The van der Waals surface area contributed by atoms with E-state index in [1.54, 1.807) is 12.1 Å². The van der Waals surface area contributed by atoms with Crippen molar-refractivity contribution in [3.63, 3.8) is 0 Å². The van der Waals surface area contributed by atoms with Crippen molar-refractivity contribution in [1.82, 2.24) is 9.42 Å². The second-order valence-corrected chi connectivity index (χ2v) is 10.0. The van der Waals surface area contributed by atoms with Gasteiger partial charge in [0.1, 0.15) is 0 Å². The molecule has 1 aliphatic rings. The molecule has 1 aliphatic heterocycles. The third-order valence-electron chi connectivity index (χ3n) is 3.99. The molecule has 0 amide bonds. The van der Waals surface area contributed by atoms with Gasteiger partial charge in [0.15, 0.2) is 9.84 Å². The summed E-state index contributed by atoms with van der Waals surface area (Å²) in [5.74, 6) is -0.819. The molecule has 1 aromatic carbocycles. The first-order valence-corrected chi connectivity index (χ1v) is 10.4. The van der Waals surface area contributed by atoms with Crippen LogP contribution in [0.5, 0.6) is 0 Å². The fourth-order valence-corrected chi connectivity index (χ4v) is 6.33. The lowest BCUT2D eigenvalue weighted by Crippen LogP contribution is -2.53. The molecule has 130 valence electrons. The number of nitrogens with zero attached hydrogens (tertiary/aromatic N) is 2. The quantitative estimate of drug-likeness (QED) is 0.754. The summed E-state index contributed by atoms with van der Waals surface area (Å²) >= 11 is 0. The van der Waals surface area contributed by atoms with Gasteiger partial charge in [0, 0.05) is 14.1 Å². The lowest BCUT2D eigenvalue weighted by atomic mass is 10.1. The van der Waals surface area contributed by atoms with E-state index in [0.717, 1.165) is 15.5 Å². The van der Waals surface area contributed by atoms with Crippen LogP contribution in [0.25, 0.3) is 0 Å². The van der Waals surface area contributed by atoms with Crippen LogP contribution in [0.15, 0.2) is 23.1 Å². The second-order valence-electron chi connectivity index (χ2n) is 6.08. The Morgan fingerprint density at radius 2 is 1.74 bits per heavy atom. The first-order valence-electron chi connectivity index (χ1n) is 7.13. The van der Waals surface area contributed by atoms with Crippen LogP contribution in [0, 0.1) is 13.8 Å². The van der Waals surface area contributed by atoms with Gasteiger partial charge in [-0.1, -0.05) is 6.07 Å². The third-order valence-corrected chi connectivity index (χ3v) is 7.63. The lowest BCUT2D eigenvalue weighted by molar-refractivity contribution is 0.0272. The highest BCUT2D eigenvalue weighted by Crippen LogP contribution is 2.27. The number of hydrazine groups is 1. The molecular weight excluding hydrogens is 340 g/mol. The zero-order chi connectivity index (χ0) is 17.6. The van der Waals surface area contributed by atoms with Gasteiger partial charge in [-0.15, -0.1) is 4.41 Å². The number of sulfone groups is 1. The first kappa shape index (κ1) is 18.3. The summed E-state index contributed by atoms with van der Waals surface area (Å²) in [6, 6.07) is 3.72. The molecule has 1 saturated heterocycles. The number of hydrogen-bond acceptors (Lipinski definition) is 6. The average molecular weight is 362 g/mol. The van der Waals surface area contributed by atoms with E-state index in [1.165, 1.54) is 25.2 Å². The molecule has 2 atom stereocenters. The molecule has 23 heavy (non-hydrogen) atoms. The highest BCUT2D eigenvalue weighted by molar-refractivity contribution is 7.92. The third kappa shape index (κ3) is 3.58. The van der Waals surface area contributed by atoms with E-state index in [0.29, 0.717) is 0 Å². The second kappa shape index (κ2) is 6.14. The van der Waals surface area contributed by atoms with E-state index < -0.39 is 43.5 Å². The Morgan fingerprint density at radius 3 is 2.17 bits per heavy atom. The monoisotopic (exact) mass is 362 g/mol. The van der Waals surface area contributed by atoms with Crippen molar-refractivity contribution < 1.29 is 21.9 Å². The topological polar surface area (TPSA) is 95.0 Å². The highest BCUT2D eigenvalue weighted by atomic mass is 32.2. The zero-order valence-electron chi connectivity index (χ0n) is 13.6. The number of aryl methyl sites for hydroxylation is 2. The van der Waals surface area contributed by atoms with Gasteiger partial charge in [0.2, 0.25) is 0 Å². The molecule has 1 aromatic rings. The lowest BCUT2D eigenvalue weighted by Gasteiger charge is -2.34. The Bertz CT molecular complexity index is 802. The first-order chi connectivity index (χ1) is 10.5. The van der Waals surface area contributed by atoms with Gasteiger partial charge < -0.3 is 5.11 Å². The van der Waals surface area contributed by atoms with Crippen LogP contribution >= 0.6 is 0 Å². The van der Waals surface area contributed by atoms with E-state index >= 15 is 0 Å². The van der Waals surface area contributed by atoms with Crippen LogP contribution in [-0.2, 0) is 19.9 Å². The minimum absolute atomic E-state index is 0.0748. The van der Waals surface area contributed by atoms with Crippen molar-refractivity contribution >= 4 is 19.9 Å². The van der Waals surface area contributed by atoms with Crippen LogP contribution in [0.4, 0.5) is 0 Å². The highest BCUT2D eigenvalue weighted by Gasteiger charge is 2.46. The maximum Gasteiger partial charge on any atom is 0.256 e. The Morgan fingerprint density at radius 1 is 1.13 bits per heavy atom. The fourth-order valence-electron chi connectivity index (χ4n) is 2.69. The van der Waals surface area contributed by atoms with Crippen LogP contribution in [0.2, 0.25) is 0 Å². The number of hydrogen-bond donors (Lipinski definition) is 1. The molecule has 7 nitrogen and oxygen atoms in total. The molecule has 0 aliphatic carbocycles. The van der Waals surface area contributed by atoms with Crippen molar-refractivity contribution in [2.45, 2.75) is 30.9 Å². The largest absolute Gasteiger partial charge is 0.390 e. The molecule has 0 aromatic heterocycles. The van der Waals surface area contributed by atoms with Crippen molar-refractivity contribution in [2.24, 2.45) is 0 Å². The molecule has 1 fully saturated rings. The van der Waals surface area contributed by atoms with Crippen LogP contribution < -0.4 is 0 Å². The SMILES string of the molecule is Cc1ccc(S(=O)(=O)N([C@@H]2CS(=O)(=O)C[C@@H]2O)N(C)C)cc1C. The molecule has 0 unspecified atom stereocenters. The van der Waals surface area contributed by atoms with E-state index in [9.17, 15) is 21.9 Å². The maximum atomic E-state index is 13.0. The van der Waals surface area contributed by atoms with E-state index in [2.05, 4.69) is 0 Å². The summed E-state index contributed by atoms with van der Waals surface area (Å²) in [4.78, 5) is 0.0748. The van der Waals surface area contributed by atoms with Gasteiger partial charge in [0.25, 0.3) is 10.0 Å². The Balaban J connectivity index is 2.50. The van der Waals surface area contributed by atoms with Gasteiger partial charge in [-0.25, -0.2) is 21.8 Å².